The molecule has 3 unspecified atom stereocenters. The van der Waals surface area contributed by atoms with E-state index in [-0.39, 0.29) is 23.1 Å². The van der Waals surface area contributed by atoms with Gasteiger partial charge in [0.15, 0.2) is 17.3 Å². The molecule has 1 aromatic carbocycles. The van der Waals surface area contributed by atoms with Crippen molar-refractivity contribution in [2.24, 2.45) is 5.73 Å². The summed E-state index contributed by atoms with van der Waals surface area (Å²) in [7, 11) is 4.20. The van der Waals surface area contributed by atoms with E-state index < -0.39 is 24.0 Å². The standard InChI is InChI=1S/C19H26N2O7/c1-10-17(20)14(6-7-27-10)28-19(23)12-8-15(25-4)16(26-5)9-13(12)21-18(22)11(2)24-3/h8-10,14,17H,2,6-7,20H2,1,3-5H3,(H,21,22). The number of esters is 1. The van der Waals surface area contributed by atoms with Crippen molar-refractivity contribution in [1.29, 1.82) is 0 Å². The van der Waals surface area contributed by atoms with Crippen LogP contribution in [0.3, 0.4) is 0 Å². The first-order valence-corrected chi connectivity index (χ1v) is 8.70. The van der Waals surface area contributed by atoms with Gasteiger partial charge in [-0.2, -0.15) is 0 Å². The number of hydrogen-bond donors (Lipinski definition) is 2. The zero-order chi connectivity index (χ0) is 20.8. The Morgan fingerprint density at radius 3 is 2.46 bits per heavy atom. The number of benzene rings is 1. The Kier molecular flexibility index (Phi) is 7.24. The summed E-state index contributed by atoms with van der Waals surface area (Å²) >= 11 is 0. The molecule has 154 valence electrons. The molecule has 0 bridgehead atoms. The van der Waals surface area contributed by atoms with Gasteiger partial charge in [-0.25, -0.2) is 4.79 Å². The van der Waals surface area contributed by atoms with Crippen LogP contribution >= 0.6 is 0 Å². The Morgan fingerprint density at radius 2 is 1.86 bits per heavy atom. The second kappa shape index (κ2) is 9.43. The minimum Gasteiger partial charge on any atom is -0.493 e. The molecule has 9 nitrogen and oxygen atoms in total. The lowest BCUT2D eigenvalue weighted by molar-refractivity contribution is -0.115. The number of anilines is 1. The molecule has 2 rings (SSSR count). The molecule has 1 heterocycles. The van der Waals surface area contributed by atoms with E-state index in [0.717, 1.165) is 0 Å². The van der Waals surface area contributed by atoms with Gasteiger partial charge in [0.05, 0.1) is 51.3 Å². The van der Waals surface area contributed by atoms with Crippen molar-refractivity contribution in [3.8, 4) is 11.5 Å². The van der Waals surface area contributed by atoms with Crippen molar-refractivity contribution in [3.63, 3.8) is 0 Å². The van der Waals surface area contributed by atoms with Crippen LogP contribution < -0.4 is 20.5 Å². The number of ether oxygens (including phenoxy) is 5. The Morgan fingerprint density at radius 1 is 1.21 bits per heavy atom. The summed E-state index contributed by atoms with van der Waals surface area (Å²) in [5, 5.41) is 2.57. The van der Waals surface area contributed by atoms with Gasteiger partial charge in [-0.1, -0.05) is 6.58 Å². The fourth-order valence-electron chi connectivity index (χ4n) is 2.75. The van der Waals surface area contributed by atoms with Crippen molar-refractivity contribution in [2.75, 3.05) is 33.3 Å². The molecule has 28 heavy (non-hydrogen) atoms. The maximum atomic E-state index is 12.9. The van der Waals surface area contributed by atoms with Crippen molar-refractivity contribution >= 4 is 17.6 Å². The minimum atomic E-state index is -0.658. The molecule has 1 amide bonds. The van der Waals surface area contributed by atoms with Crippen molar-refractivity contribution in [2.45, 2.75) is 31.6 Å². The fraction of sp³-hybridized carbons (Fsp3) is 0.474. The predicted molar refractivity (Wildman–Crippen MR) is 102 cm³/mol. The van der Waals surface area contributed by atoms with E-state index in [2.05, 4.69) is 11.9 Å². The smallest absolute Gasteiger partial charge is 0.340 e. The molecule has 0 spiro atoms. The lowest BCUT2D eigenvalue weighted by Gasteiger charge is -2.33. The van der Waals surface area contributed by atoms with E-state index in [1.54, 1.807) is 0 Å². The van der Waals surface area contributed by atoms with E-state index in [0.29, 0.717) is 24.5 Å². The number of hydrogen-bond acceptors (Lipinski definition) is 8. The van der Waals surface area contributed by atoms with E-state index in [4.69, 9.17) is 29.4 Å². The summed E-state index contributed by atoms with van der Waals surface area (Å²) in [6.07, 6.45) is -0.268. The van der Waals surface area contributed by atoms with Crippen LogP contribution in [0.4, 0.5) is 5.69 Å². The van der Waals surface area contributed by atoms with Crippen molar-refractivity contribution in [3.05, 3.63) is 30.0 Å². The van der Waals surface area contributed by atoms with Gasteiger partial charge in [0.1, 0.15) is 6.10 Å². The number of rotatable bonds is 7. The van der Waals surface area contributed by atoms with Crippen LogP contribution in [0.15, 0.2) is 24.5 Å². The van der Waals surface area contributed by atoms with Gasteiger partial charge in [-0.15, -0.1) is 0 Å². The van der Waals surface area contributed by atoms with Gasteiger partial charge in [-0.05, 0) is 6.92 Å². The number of amides is 1. The fourth-order valence-corrected chi connectivity index (χ4v) is 2.75. The Labute approximate surface area is 163 Å². The summed E-state index contributed by atoms with van der Waals surface area (Å²) < 4.78 is 26.4. The third-order valence-corrected chi connectivity index (χ3v) is 4.50. The summed E-state index contributed by atoms with van der Waals surface area (Å²) in [6, 6.07) is 2.44. The van der Waals surface area contributed by atoms with Gasteiger partial charge in [0.2, 0.25) is 0 Å². The highest BCUT2D eigenvalue weighted by atomic mass is 16.6. The average Bonchev–Trinajstić information content (AvgIpc) is 2.70. The number of methoxy groups -OCH3 is 3. The topological polar surface area (TPSA) is 118 Å². The molecule has 1 aliphatic rings. The maximum absolute atomic E-state index is 12.9. The highest BCUT2D eigenvalue weighted by Crippen LogP contribution is 2.34. The predicted octanol–water partition coefficient (Wildman–Crippen LogP) is 1.46. The summed E-state index contributed by atoms with van der Waals surface area (Å²) in [4.78, 5) is 25.0. The molecule has 0 radical (unpaired) electrons. The molecule has 1 aromatic rings. The first-order chi connectivity index (χ1) is 13.3. The van der Waals surface area contributed by atoms with Crippen molar-refractivity contribution < 1.29 is 33.3 Å². The quantitative estimate of drug-likeness (QED) is 0.405. The molecular formula is C19H26N2O7. The molecule has 3 atom stereocenters. The third-order valence-electron chi connectivity index (χ3n) is 4.50. The number of nitrogens with one attached hydrogen (secondary N) is 1. The van der Waals surface area contributed by atoms with Crippen molar-refractivity contribution in [1.82, 2.24) is 0 Å². The Balaban J connectivity index is 2.35. The molecule has 3 N–H and O–H groups in total. The van der Waals surface area contributed by atoms with Gasteiger partial charge < -0.3 is 34.7 Å². The molecule has 1 fully saturated rings. The van der Waals surface area contributed by atoms with Crippen LogP contribution in [0.5, 0.6) is 11.5 Å². The largest absolute Gasteiger partial charge is 0.493 e. The van der Waals surface area contributed by atoms with Crippen LogP contribution in [-0.2, 0) is 19.0 Å². The number of carbonyl (C=O) groups excluding carboxylic acids is 2. The molecule has 1 aliphatic heterocycles. The normalized spacial score (nSPS) is 21.4. The zero-order valence-corrected chi connectivity index (χ0v) is 16.4. The lowest BCUT2D eigenvalue weighted by Crippen LogP contribution is -2.50. The van der Waals surface area contributed by atoms with Crippen LogP contribution in [0.2, 0.25) is 0 Å². The third kappa shape index (κ3) is 4.73. The van der Waals surface area contributed by atoms with Crippen LogP contribution in [0.25, 0.3) is 0 Å². The molecule has 0 aliphatic carbocycles. The summed E-state index contributed by atoms with van der Waals surface area (Å²) in [6.45, 7) is 5.76. The second-order valence-corrected chi connectivity index (χ2v) is 6.22. The van der Waals surface area contributed by atoms with E-state index >= 15 is 0 Å². The lowest BCUT2D eigenvalue weighted by atomic mass is 10.0. The Bertz CT molecular complexity index is 750. The van der Waals surface area contributed by atoms with E-state index in [1.807, 2.05) is 6.92 Å². The van der Waals surface area contributed by atoms with Crippen LogP contribution in [0.1, 0.15) is 23.7 Å². The SMILES string of the molecule is C=C(OC)C(=O)Nc1cc(OC)c(OC)cc1C(=O)OC1CCOC(C)C1N. The minimum absolute atomic E-state index is 0.0845. The maximum Gasteiger partial charge on any atom is 0.340 e. The highest BCUT2D eigenvalue weighted by Gasteiger charge is 2.32. The van der Waals surface area contributed by atoms with Gasteiger partial charge in [0.25, 0.3) is 5.91 Å². The number of nitrogens with two attached hydrogens (primary N) is 1. The van der Waals surface area contributed by atoms with Gasteiger partial charge >= 0.3 is 5.97 Å². The van der Waals surface area contributed by atoms with Gasteiger partial charge in [0, 0.05) is 18.6 Å². The molecule has 0 aromatic heterocycles. The first kappa shape index (κ1) is 21.5. The van der Waals surface area contributed by atoms with Gasteiger partial charge in [-0.3, -0.25) is 4.79 Å². The molecule has 1 saturated heterocycles. The summed E-state index contributed by atoms with van der Waals surface area (Å²) in [5.41, 5.74) is 6.33. The molecular weight excluding hydrogens is 368 g/mol. The monoisotopic (exact) mass is 394 g/mol. The molecule has 0 saturated carbocycles. The Hall–Kier alpha value is -2.78. The van der Waals surface area contributed by atoms with E-state index in [1.165, 1.54) is 33.5 Å². The average molecular weight is 394 g/mol. The summed E-state index contributed by atoms with van der Waals surface area (Å²) in [5.74, 6) is -0.750. The number of carbonyl (C=O) groups is 2. The first-order valence-electron chi connectivity index (χ1n) is 8.70. The van der Waals surface area contributed by atoms with Crippen LogP contribution in [-0.4, -0.2) is 58.1 Å². The second-order valence-electron chi connectivity index (χ2n) is 6.22. The van der Waals surface area contributed by atoms with E-state index in [9.17, 15) is 9.59 Å². The zero-order valence-electron chi connectivity index (χ0n) is 16.4. The molecule has 9 heteroatoms. The van der Waals surface area contributed by atoms with Crippen LogP contribution in [0, 0.1) is 0 Å². The highest BCUT2D eigenvalue weighted by molar-refractivity contribution is 6.07.